The SMILES string of the molecule is CCNC(=NCc1cccc(C#N)c1)NCCCc1ccc(OC)c(OCC)c1.I. The van der Waals surface area contributed by atoms with Gasteiger partial charge in [-0.1, -0.05) is 18.2 Å². The number of halogens is 1. The van der Waals surface area contributed by atoms with Crippen LogP contribution in [0.25, 0.3) is 0 Å². The van der Waals surface area contributed by atoms with Crippen molar-refractivity contribution in [1.29, 1.82) is 5.26 Å². The Labute approximate surface area is 196 Å². The van der Waals surface area contributed by atoms with Crippen LogP contribution in [0.1, 0.15) is 37.0 Å². The lowest BCUT2D eigenvalue weighted by molar-refractivity contribution is 0.310. The van der Waals surface area contributed by atoms with E-state index in [4.69, 9.17) is 14.7 Å². The Bertz CT molecular complexity index is 849. The van der Waals surface area contributed by atoms with E-state index in [-0.39, 0.29) is 24.0 Å². The number of rotatable bonds is 10. The lowest BCUT2D eigenvalue weighted by atomic mass is 10.1. The van der Waals surface area contributed by atoms with Crippen LogP contribution < -0.4 is 20.1 Å². The maximum Gasteiger partial charge on any atom is 0.191 e. The van der Waals surface area contributed by atoms with Crippen LogP contribution in [0.3, 0.4) is 0 Å². The number of methoxy groups -OCH3 is 1. The standard InChI is InChI=1S/C23H30N4O2.HI/c1-4-25-23(27-17-20-9-6-8-19(14-20)16-24)26-13-7-10-18-11-12-21(28-3)22(15-18)29-5-2;/h6,8-9,11-12,14-15H,4-5,7,10,13,17H2,1-3H3,(H2,25,26,27);1H. The molecule has 0 aromatic heterocycles. The fourth-order valence-corrected chi connectivity index (χ4v) is 2.90. The Kier molecular flexibility index (Phi) is 12.4. The Balaban J connectivity index is 0.00000450. The van der Waals surface area contributed by atoms with E-state index in [0.717, 1.165) is 49.0 Å². The summed E-state index contributed by atoms with van der Waals surface area (Å²) in [5.74, 6) is 2.32. The van der Waals surface area contributed by atoms with Crippen molar-refractivity contribution < 1.29 is 9.47 Å². The molecule has 0 fully saturated rings. The third-order valence-corrected chi connectivity index (χ3v) is 4.28. The quantitative estimate of drug-likeness (QED) is 0.211. The van der Waals surface area contributed by atoms with Crippen LogP contribution in [0.15, 0.2) is 47.5 Å². The maximum absolute atomic E-state index is 9.01. The van der Waals surface area contributed by atoms with Crippen LogP contribution in [0.2, 0.25) is 0 Å². The molecule has 0 radical (unpaired) electrons. The molecule has 0 atom stereocenters. The van der Waals surface area contributed by atoms with Gasteiger partial charge < -0.3 is 20.1 Å². The van der Waals surface area contributed by atoms with Gasteiger partial charge in [-0.15, -0.1) is 24.0 Å². The van der Waals surface area contributed by atoms with Gasteiger partial charge in [0.25, 0.3) is 0 Å². The molecule has 0 spiro atoms. The molecule has 0 saturated carbocycles. The molecule has 0 unspecified atom stereocenters. The van der Waals surface area contributed by atoms with E-state index in [1.165, 1.54) is 5.56 Å². The number of benzene rings is 2. The van der Waals surface area contributed by atoms with Crippen molar-refractivity contribution in [2.45, 2.75) is 33.2 Å². The average molecular weight is 522 g/mol. The monoisotopic (exact) mass is 522 g/mol. The van der Waals surface area contributed by atoms with Crippen molar-refractivity contribution in [3.05, 3.63) is 59.2 Å². The first-order chi connectivity index (χ1) is 14.2. The van der Waals surface area contributed by atoms with E-state index in [1.54, 1.807) is 13.2 Å². The van der Waals surface area contributed by atoms with Crippen molar-refractivity contribution in [1.82, 2.24) is 10.6 Å². The number of aliphatic imine (C=N–C) groups is 1. The average Bonchev–Trinajstić information content (AvgIpc) is 2.75. The van der Waals surface area contributed by atoms with Crippen molar-refractivity contribution >= 4 is 29.9 Å². The number of hydrogen-bond acceptors (Lipinski definition) is 4. The number of nitriles is 1. The molecule has 0 aliphatic heterocycles. The number of nitrogens with one attached hydrogen (secondary N) is 2. The highest BCUT2D eigenvalue weighted by molar-refractivity contribution is 14.0. The minimum absolute atomic E-state index is 0. The number of aryl methyl sites for hydroxylation is 1. The molecule has 0 aliphatic carbocycles. The largest absolute Gasteiger partial charge is 0.493 e. The Morgan fingerprint density at radius 2 is 1.90 bits per heavy atom. The number of hydrogen-bond donors (Lipinski definition) is 2. The zero-order valence-corrected chi connectivity index (χ0v) is 20.2. The number of guanidine groups is 1. The van der Waals surface area contributed by atoms with Gasteiger partial charge in [0.1, 0.15) is 0 Å². The van der Waals surface area contributed by atoms with Crippen LogP contribution in [0, 0.1) is 11.3 Å². The van der Waals surface area contributed by atoms with E-state index < -0.39 is 0 Å². The summed E-state index contributed by atoms with van der Waals surface area (Å²) in [4.78, 5) is 4.61. The van der Waals surface area contributed by atoms with Crippen LogP contribution in [0.5, 0.6) is 11.5 Å². The highest BCUT2D eigenvalue weighted by atomic mass is 127. The molecule has 0 amide bonds. The minimum Gasteiger partial charge on any atom is -0.493 e. The molecule has 0 heterocycles. The molecule has 2 aromatic rings. The van der Waals surface area contributed by atoms with E-state index >= 15 is 0 Å². The van der Waals surface area contributed by atoms with Crippen molar-refractivity contribution in [3.63, 3.8) is 0 Å². The van der Waals surface area contributed by atoms with Gasteiger partial charge in [0, 0.05) is 13.1 Å². The zero-order chi connectivity index (χ0) is 20.9. The predicted octanol–water partition coefficient (Wildman–Crippen LogP) is 4.27. The van der Waals surface area contributed by atoms with Gasteiger partial charge in [-0.05, 0) is 62.1 Å². The summed E-state index contributed by atoms with van der Waals surface area (Å²) >= 11 is 0. The smallest absolute Gasteiger partial charge is 0.191 e. The highest BCUT2D eigenvalue weighted by Gasteiger charge is 2.05. The van der Waals surface area contributed by atoms with Gasteiger partial charge in [-0.2, -0.15) is 5.26 Å². The minimum atomic E-state index is 0. The van der Waals surface area contributed by atoms with Crippen molar-refractivity contribution in [2.75, 3.05) is 26.8 Å². The van der Waals surface area contributed by atoms with E-state index in [0.29, 0.717) is 18.7 Å². The Hall–Kier alpha value is -2.47. The highest BCUT2D eigenvalue weighted by Crippen LogP contribution is 2.28. The molecule has 7 heteroatoms. The molecular weight excluding hydrogens is 491 g/mol. The summed E-state index contributed by atoms with van der Waals surface area (Å²) in [6, 6.07) is 15.8. The maximum atomic E-state index is 9.01. The molecule has 2 N–H and O–H groups in total. The fourth-order valence-electron chi connectivity index (χ4n) is 2.90. The molecule has 162 valence electrons. The molecule has 0 bridgehead atoms. The molecule has 2 rings (SSSR count). The molecule has 0 aliphatic rings. The summed E-state index contributed by atoms with van der Waals surface area (Å²) in [6.45, 7) is 6.75. The van der Waals surface area contributed by atoms with E-state index in [1.807, 2.05) is 44.2 Å². The second-order valence-corrected chi connectivity index (χ2v) is 6.46. The normalized spacial score (nSPS) is 10.5. The van der Waals surface area contributed by atoms with E-state index in [2.05, 4.69) is 27.8 Å². The molecule has 6 nitrogen and oxygen atoms in total. The van der Waals surface area contributed by atoms with Gasteiger partial charge in [0.2, 0.25) is 0 Å². The van der Waals surface area contributed by atoms with Crippen LogP contribution in [0.4, 0.5) is 0 Å². The lowest BCUT2D eigenvalue weighted by Gasteiger charge is -2.13. The Morgan fingerprint density at radius 1 is 1.07 bits per heavy atom. The van der Waals surface area contributed by atoms with Crippen LogP contribution >= 0.6 is 24.0 Å². The number of ether oxygens (including phenoxy) is 2. The molecule has 0 saturated heterocycles. The summed E-state index contributed by atoms with van der Waals surface area (Å²) in [7, 11) is 1.65. The molecular formula is C23H31IN4O2. The predicted molar refractivity (Wildman–Crippen MR) is 132 cm³/mol. The fraction of sp³-hybridized carbons (Fsp3) is 0.391. The third-order valence-electron chi connectivity index (χ3n) is 4.28. The topological polar surface area (TPSA) is 78.7 Å². The first-order valence-electron chi connectivity index (χ1n) is 10.0. The van der Waals surface area contributed by atoms with Gasteiger partial charge in [-0.3, -0.25) is 0 Å². The first-order valence-corrected chi connectivity index (χ1v) is 10.0. The van der Waals surface area contributed by atoms with Gasteiger partial charge in [0.15, 0.2) is 17.5 Å². The number of nitrogens with zero attached hydrogens (tertiary/aromatic N) is 2. The lowest BCUT2D eigenvalue weighted by Crippen LogP contribution is -2.37. The second kappa shape index (κ2) is 14.5. The van der Waals surface area contributed by atoms with Gasteiger partial charge >= 0.3 is 0 Å². The van der Waals surface area contributed by atoms with Gasteiger partial charge in [-0.25, -0.2) is 4.99 Å². The summed E-state index contributed by atoms with van der Waals surface area (Å²) in [5.41, 5.74) is 2.89. The second-order valence-electron chi connectivity index (χ2n) is 6.46. The van der Waals surface area contributed by atoms with Crippen LogP contribution in [-0.4, -0.2) is 32.8 Å². The van der Waals surface area contributed by atoms with Crippen molar-refractivity contribution in [2.24, 2.45) is 4.99 Å². The summed E-state index contributed by atoms with van der Waals surface area (Å²) < 4.78 is 11.0. The first kappa shape index (κ1) is 25.6. The Morgan fingerprint density at radius 3 is 2.60 bits per heavy atom. The molecule has 2 aromatic carbocycles. The zero-order valence-electron chi connectivity index (χ0n) is 17.9. The third kappa shape index (κ3) is 8.49. The van der Waals surface area contributed by atoms with Gasteiger partial charge in [0.05, 0.1) is 31.9 Å². The molecule has 30 heavy (non-hydrogen) atoms. The summed E-state index contributed by atoms with van der Waals surface area (Å²) in [6.07, 6.45) is 1.90. The van der Waals surface area contributed by atoms with E-state index in [9.17, 15) is 0 Å². The van der Waals surface area contributed by atoms with Crippen LogP contribution in [-0.2, 0) is 13.0 Å². The van der Waals surface area contributed by atoms with Crippen molar-refractivity contribution in [3.8, 4) is 17.6 Å². The summed E-state index contributed by atoms with van der Waals surface area (Å²) in [5, 5.41) is 15.6.